The Labute approximate surface area is 161 Å². The maximum absolute atomic E-state index is 6.30. The predicted octanol–water partition coefficient (Wildman–Crippen LogP) is 3.63. The Morgan fingerprint density at radius 2 is 2.07 bits per heavy atom. The molecule has 5 heteroatoms. The molecule has 1 spiro atoms. The molecular formula is C22H29N3O2. The van der Waals surface area contributed by atoms with E-state index in [0.717, 1.165) is 57.6 Å². The van der Waals surface area contributed by atoms with Gasteiger partial charge in [0.05, 0.1) is 17.9 Å². The number of nitrogens with zero attached hydrogens (tertiary/aromatic N) is 3. The molecule has 0 aliphatic carbocycles. The molecule has 0 bridgehead atoms. The maximum Gasteiger partial charge on any atom is 0.213 e. The Bertz CT molecular complexity index is 729. The van der Waals surface area contributed by atoms with Crippen LogP contribution in [0.25, 0.3) is 0 Å². The standard InChI is InChI=1S/C22H29N3O2/c1-18-5-4-6-20(24-18)17-25-13-10-22(11-14-25)19(9-16-27-22)8-15-26-21-7-2-3-12-23-21/h2-7,12,19H,8-11,13-17H2,1H3/t19-/m0/s1. The molecule has 5 nitrogen and oxygen atoms in total. The van der Waals surface area contributed by atoms with Crippen molar-refractivity contribution >= 4 is 0 Å². The second-order valence-electron chi connectivity index (χ2n) is 7.75. The molecule has 0 saturated carbocycles. The minimum absolute atomic E-state index is 0.0456. The molecule has 0 radical (unpaired) electrons. The highest BCUT2D eigenvalue weighted by molar-refractivity contribution is 5.11. The second kappa shape index (κ2) is 8.36. The van der Waals surface area contributed by atoms with Crippen LogP contribution in [-0.4, -0.2) is 46.8 Å². The lowest BCUT2D eigenvalue weighted by molar-refractivity contribution is -0.0710. The van der Waals surface area contributed by atoms with E-state index in [1.807, 2.05) is 18.2 Å². The summed E-state index contributed by atoms with van der Waals surface area (Å²) in [6.45, 7) is 6.74. The fraction of sp³-hybridized carbons (Fsp3) is 0.545. The van der Waals surface area contributed by atoms with Crippen molar-refractivity contribution in [2.24, 2.45) is 5.92 Å². The highest BCUT2D eigenvalue weighted by Crippen LogP contribution is 2.42. The van der Waals surface area contributed by atoms with E-state index in [1.54, 1.807) is 6.20 Å². The van der Waals surface area contributed by atoms with Crippen molar-refractivity contribution in [3.63, 3.8) is 0 Å². The van der Waals surface area contributed by atoms with Gasteiger partial charge in [-0.15, -0.1) is 0 Å². The van der Waals surface area contributed by atoms with Gasteiger partial charge in [0.15, 0.2) is 0 Å². The summed E-state index contributed by atoms with van der Waals surface area (Å²) in [5.41, 5.74) is 2.30. The Morgan fingerprint density at radius 1 is 1.19 bits per heavy atom. The zero-order chi connectivity index (χ0) is 18.5. The Balaban J connectivity index is 1.28. The summed E-state index contributed by atoms with van der Waals surface area (Å²) in [5.74, 6) is 1.30. The van der Waals surface area contributed by atoms with Crippen LogP contribution in [0, 0.1) is 12.8 Å². The Kier molecular flexibility index (Phi) is 5.69. The summed E-state index contributed by atoms with van der Waals surface area (Å²) in [7, 11) is 0. The number of piperidine rings is 1. The van der Waals surface area contributed by atoms with E-state index in [0.29, 0.717) is 18.4 Å². The second-order valence-corrected chi connectivity index (χ2v) is 7.75. The largest absolute Gasteiger partial charge is 0.478 e. The molecule has 2 aliphatic rings. The molecule has 0 aromatic carbocycles. The van der Waals surface area contributed by atoms with Gasteiger partial charge in [0.1, 0.15) is 0 Å². The fourth-order valence-electron chi connectivity index (χ4n) is 4.49. The first kappa shape index (κ1) is 18.4. The lowest BCUT2D eigenvalue weighted by atomic mass is 9.78. The van der Waals surface area contributed by atoms with Crippen LogP contribution in [0.15, 0.2) is 42.6 Å². The first-order valence-electron chi connectivity index (χ1n) is 10.1. The Morgan fingerprint density at radius 3 is 2.85 bits per heavy atom. The minimum Gasteiger partial charge on any atom is -0.478 e. The molecule has 144 valence electrons. The first-order chi connectivity index (χ1) is 13.2. The first-order valence-corrected chi connectivity index (χ1v) is 10.1. The van der Waals surface area contributed by atoms with Crippen LogP contribution < -0.4 is 4.74 Å². The van der Waals surface area contributed by atoms with Gasteiger partial charge in [-0.05, 0) is 56.7 Å². The van der Waals surface area contributed by atoms with Gasteiger partial charge in [0.25, 0.3) is 0 Å². The van der Waals surface area contributed by atoms with Crippen molar-refractivity contribution < 1.29 is 9.47 Å². The lowest BCUT2D eigenvalue weighted by Crippen LogP contribution is -2.47. The molecule has 0 N–H and O–H groups in total. The number of aromatic nitrogens is 2. The highest BCUT2D eigenvalue weighted by Gasteiger charge is 2.45. The van der Waals surface area contributed by atoms with Crippen molar-refractivity contribution in [1.82, 2.24) is 14.9 Å². The molecule has 27 heavy (non-hydrogen) atoms. The van der Waals surface area contributed by atoms with Crippen LogP contribution in [0.3, 0.4) is 0 Å². The molecule has 2 aliphatic heterocycles. The van der Waals surface area contributed by atoms with E-state index >= 15 is 0 Å². The third-order valence-corrected chi connectivity index (χ3v) is 5.99. The van der Waals surface area contributed by atoms with Crippen molar-refractivity contribution in [1.29, 1.82) is 0 Å². The third kappa shape index (κ3) is 4.47. The number of hydrogen-bond acceptors (Lipinski definition) is 5. The summed E-state index contributed by atoms with van der Waals surface area (Å²) in [6, 6.07) is 12.1. The van der Waals surface area contributed by atoms with Crippen LogP contribution in [-0.2, 0) is 11.3 Å². The number of ether oxygens (including phenoxy) is 2. The molecule has 0 amide bonds. The Hall–Kier alpha value is -1.98. The van der Waals surface area contributed by atoms with Crippen LogP contribution in [0.2, 0.25) is 0 Å². The van der Waals surface area contributed by atoms with Gasteiger partial charge in [0.2, 0.25) is 5.88 Å². The fourth-order valence-corrected chi connectivity index (χ4v) is 4.49. The van der Waals surface area contributed by atoms with Crippen molar-refractivity contribution in [3.8, 4) is 5.88 Å². The van der Waals surface area contributed by atoms with E-state index in [2.05, 4.69) is 40.0 Å². The molecule has 0 unspecified atom stereocenters. The van der Waals surface area contributed by atoms with E-state index < -0.39 is 0 Å². The lowest BCUT2D eigenvalue weighted by Gasteiger charge is -2.42. The van der Waals surface area contributed by atoms with Gasteiger partial charge in [0, 0.05) is 44.2 Å². The van der Waals surface area contributed by atoms with Gasteiger partial charge < -0.3 is 9.47 Å². The smallest absolute Gasteiger partial charge is 0.213 e. The predicted molar refractivity (Wildman–Crippen MR) is 105 cm³/mol. The zero-order valence-electron chi connectivity index (χ0n) is 16.1. The monoisotopic (exact) mass is 367 g/mol. The van der Waals surface area contributed by atoms with Crippen LogP contribution in [0.1, 0.15) is 37.1 Å². The zero-order valence-corrected chi connectivity index (χ0v) is 16.1. The van der Waals surface area contributed by atoms with Crippen molar-refractivity contribution in [2.75, 3.05) is 26.3 Å². The quantitative estimate of drug-likeness (QED) is 0.780. The van der Waals surface area contributed by atoms with Gasteiger partial charge in [-0.3, -0.25) is 9.88 Å². The molecule has 2 fully saturated rings. The van der Waals surface area contributed by atoms with Crippen LogP contribution in [0.5, 0.6) is 5.88 Å². The number of hydrogen-bond donors (Lipinski definition) is 0. The van der Waals surface area contributed by atoms with Gasteiger partial charge >= 0.3 is 0 Å². The van der Waals surface area contributed by atoms with E-state index in [9.17, 15) is 0 Å². The van der Waals surface area contributed by atoms with Crippen molar-refractivity contribution in [3.05, 3.63) is 54.0 Å². The SMILES string of the molecule is Cc1cccc(CN2CCC3(CC2)OCC[C@@H]3CCOc2ccccn2)n1. The number of aryl methyl sites for hydroxylation is 1. The van der Waals surface area contributed by atoms with Crippen molar-refractivity contribution in [2.45, 2.75) is 44.8 Å². The summed E-state index contributed by atoms with van der Waals surface area (Å²) in [6.07, 6.45) is 6.16. The molecular weight excluding hydrogens is 338 g/mol. The topological polar surface area (TPSA) is 47.5 Å². The van der Waals surface area contributed by atoms with E-state index in [1.165, 1.54) is 5.69 Å². The average Bonchev–Trinajstić information content (AvgIpc) is 3.07. The maximum atomic E-state index is 6.30. The molecule has 2 aromatic heterocycles. The highest BCUT2D eigenvalue weighted by atomic mass is 16.5. The van der Waals surface area contributed by atoms with Gasteiger partial charge in [-0.25, -0.2) is 4.98 Å². The normalized spacial score (nSPS) is 22.2. The number of pyridine rings is 2. The summed E-state index contributed by atoms with van der Waals surface area (Å²) in [4.78, 5) is 11.4. The molecule has 2 aromatic rings. The number of rotatable bonds is 6. The third-order valence-electron chi connectivity index (χ3n) is 5.99. The summed E-state index contributed by atoms with van der Waals surface area (Å²) >= 11 is 0. The van der Waals surface area contributed by atoms with Crippen LogP contribution >= 0.6 is 0 Å². The van der Waals surface area contributed by atoms with Crippen LogP contribution in [0.4, 0.5) is 0 Å². The summed E-state index contributed by atoms with van der Waals surface area (Å²) in [5, 5.41) is 0. The average molecular weight is 367 g/mol. The van der Waals surface area contributed by atoms with E-state index in [4.69, 9.17) is 9.47 Å². The molecule has 1 atom stereocenters. The molecule has 2 saturated heterocycles. The summed E-state index contributed by atoms with van der Waals surface area (Å²) < 4.78 is 12.1. The molecule has 4 heterocycles. The van der Waals surface area contributed by atoms with Gasteiger partial charge in [-0.2, -0.15) is 0 Å². The number of likely N-dealkylation sites (tertiary alicyclic amines) is 1. The van der Waals surface area contributed by atoms with E-state index in [-0.39, 0.29) is 5.60 Å². The minimum atomic E-state index is 0.0456. The molecule has 4 rings (SSSR count). The van der Waals surface area contributed by atoms with Gasteiger partial charge in [-0.1, -0.05) is 12.1 Å².